The molecule has 6 rings (SSSR count). The van der Waals surface area contributed by atoms with Crippen LogP contribution in [0.4, 0.5) is 68.2 Å². The van der Waals surface area contributed by atoms with Gasteiger partial charge < -0.3 is 39.2 Å². The second-order valence-electron chi connectivity index (χ2n) is 16.8. The van der Waals surface area contributed by atoms with Crippen molar-refractivity contribution in [3.63, 3.8) is 0 Å². The first-order valence-corrected chi connectivity index (χ1v) is 25.9. The summed E-state index contributed by atoms with van der Waals surface area (Å²) in [6, 6.07) is 53.8. The van der Waals surface area contributed by atoms with Crippen molar-refractivity contribution in [3.8, 4) is 0 Å². The third-order valence-electron chi connectivity index (χ3n) is 13.4. The van der Waals surface area contributed by atoms with Crippen LogP contribution in [0.15, 0.2) is 146 Å². The molecule has 0 unspecified atom stereocenters. The maximum atomic E-state index is 2.38. The lowest BCUT2D eigenvalue weighted by Crippen LogP contribution is -2.22. The molecule has 0 saturated carbocycles. The minimum Gasteiger partial charge on any atom is -0.372 e. The number of anilines is 12. The number of rotatable bonds is 24. The Labute approximate surface area is 413 Å². The Bertz CT molecular complexity index is 1840. The molecule has 0 atom stereocenters. The summed E-state index contributed by atoms with van der Waals surface area (Å²) < 4.78 is 0. The van der Waals surface area contributed by atoms with E-state index in [2.05, 4.69) is 268 Å². The number of hydrogen-bond donors (Lipinski definition) is 0. The molecule has 0 heterocycles. The lowest BCUT2D eigenvalue weighted by Gasteiger charge is -2.29. The van der Waals surface area contributed by atoms with Gasteiger partial charge >= 0.3 is 0 Å². The summed E-state index contributed by atoms with van der Waals surface area (Å²) in [5.74, 6) is 0. The van der Waals surface area contributed by atoms with Crippen molar-refractivity contribution in [2.24, 2.45) is 0 Å². The molecule has 0 amide bonds. The third-order valence-corrected chi connectivity index (χ3v) is 13.4. The Kier molecular flexibility index (Phi) is 20.8. The van der Waals surface area contributed by atoms with Crippen molar-refractivity contribution >= 4 is 68.2 Å². The molecule has 0 N–H and O–H groups in total. The first kappa shape index (κ1) is 52.7. The van der Waals surface area contributed by atoms with Crippen LogP contribution in [0.25, 0.3) is 0 Å². The van der Waals surface area contributed by atoms with Gasteiger partial charge in [-0.15, -0.1) is 0 Å². The Morgan fingerprint density at radius 2 is 0.250 bits per heavy atom. The molecule has 8 nitrogen and oxygen atoms in total. The van der Waals surface area contributed by atoms with E-state index in [1.807, 2.05) is 0 Å². The molecule has 0 aliphatic heterocycles. The van der Waals surface area contributed by atoms with Gasteiger partial charge in [0.25, 0.3) is 0 Å². The van der Waals surface area contributed by atoms with Crippen LogP contribution in [0.2, 0.25) is 0 Å². The summed E-state index contributed by atoms with van der Waals surface area (Å²) in [6.45, 7) is 38.6. The molecule has 364 valence electrons. The van der Waals surface area contributed by atoms with Gasteiger partial charge in [0.15, 0.2) is 0 Å². The van der Waals surface area contributed by atoms with Crippen molar-refractivity contribution in [1.29, 1.82) is 0 Å². The highest BCUT2D eigenvalue weighted by Crippen LogP contribution is 2.39. The summed E-state index contributed by atoms with van der Waals surface area (Å²) in [4.78, 5) is 19.0. The zero-order valence-electron chi connectivity index (χ0n) is 43.9. The highest BCUT2D eigenvalue weighted by atomic mass is 15.2. The Hall–Kier alpha value is -6.28. The van der Waals surface area contributed by atoms with E-state index in [0.29, 0.717) is 0 Å². The average molecular weight is 917 g/mol. The Balaban J connectivity index is 0.000000254. The summed E-state index contributed by atoms with van der Waals surface area (Å²) in [7, 11) is 0. The molecular weight excluding hydrogens is 833 g/mol. The zero-order chi connectivity index (χ0) is 49.0. The predicted octanol–water partition coefficient (Wildman–Crippen LogP) is 15.4. The van der Waals surface area contributed by atoms with E-state index in [0.717, 1.165) is 78.5 Å². The van der Waals surface area contributed by atoms with E-state index in [1.54, 1.807) is 0 Å². The standard InChI is InChI=1S/2C30H42N4/c2*1-7-31(8-2)25-13-19-28(20-14-25)34(29-21-15-26(16-22-29)32(9-3)10-4)30-23-17-27(18-24-30)33(11-5)12-6/h2*13-24H,7-12H2,1-6H3. The fourth-order valence-electron chi connectivity index (χ4n) is 9.30. The quantitative estimate of drug-likeness (QED) is 0.0593. The lowest BCUT2D eigenvalue weighted by molar-refractivity contribution is 0.865. The molecule has 68 heavy (non-hydrogen) atoms. The Morgan fingerprint density at radius 3 is 0.338 bits per heavy atom. The van der Waals surface area contributed by atoms with E-state index >= 15 is 0 Å². The third kappa shape index (κ3) is 13.0. The molecule has 0 radical (unpaired) electrons. The van der Waals surface area contributed by atoms with Gasteiger partial charge in [-0.2, -0.15) is 0 Å². The molecular formula is C60H84N8. The number of benzene rings is 6. The second kappa shape index (κ2) is 26.9. The van der Waals surface area contributed by atoms with Crippen molar-refractivity contribution in [2.75, 3.05) is 118 Å². The monoisotopic (exact) mass is 917 g/mol. The van der Waals surface area contributed by atoms with Crippen molar-refractivity contribution in [2.45, 2.75) is 83.1 Å². The molecule has 6 aromatic carbocycles. The van der Waals surface area contributed by atoms with Crippen molar-refractivity contribution in [1.82, 2.24) is 0 Å². The van der Waals surface area contributed by atoms with Crippen LogP contribution in [-0.2, 0) is 0 Å². The van der Waals surface area contributed by atoms with E-state index in [1.165, 1.54) is 68.2 Å². The lowest BCUT2D eigenvalue weighted by atomic mass is 10.1. The van der Waals surface area contributed by atoms with Crippen LogP contribution in [0.5, 0.6) is 0 Å². The first-order valence-electron chi connectivity index (χ1n) is 25.9. The summed E-state index contributed by atoms with van der Waals surface area (Å²) in [5.41, 5.74) is 14.6. The van der Waals surface area contributed by atoms with Crippen LogP contribution in [0.3, 0.4) is 0 Å². The highest BCUT2D eigenvalue weighted by molar-refractivity contribution is 5.80. The minimum atomic E-state index is 1.01. The van der Waals surface area contributed by atoms with Crippen molar-refractivity contribution < 1.29 is 0 Å². The maximum absolute atomic E-state index is 2.38. The molecule has 0 bridgehead atoms. The SMILES string of the molecule is CCN(CC)c1ccc(N(c2ccc(N(CC)CC)cc2)c2ccc(N(CC)CC)cc2)cc1.CCN(CC)c1ccc(N(c2ccc(N(CC)CC)cc2)c2ccc(N(CC)CC)cc2)cc1. The fraction of sp³-hybridized carbons (Fsp3) is 0.400. The van der Waals surface area contributed by atoms with Gasteiger partial charge in [-0.05, 0) is 229 Å². The summed E-state index contributed by atoms with van der Waals surface area (Å²) in [5, 5.41) is 0. The molecule has 0 spiro atoms. The number of nitrogens with zero attached hydrogens (tertiary/aromatic N) is 8. The molecule has 0 fully saturated rings. The zero-order valence-corrected chi connectivity index (χ0v) is 43.9. The molecule has 6 aromatic rings. The minimum absolute atomic E-state index is 1.01. The van der Waals surface area contributed by atoms with E-state index in [-0.39, 0.29) is 0 Å². The Morgan fingerprint density at radius 1 is 0.162 bits per heavy atom. The van der Waals surface area contributed by atoms with Crippen molar-refractivity contribution in [3.05, 3.63) is 146 Å². The molecule has 0 aliphatic rings. The summed E-state index contributed by atoms with van der Waals surface area (Å²) >= 11 is 0. The van der Waals surface area contributed by atoms with E-state index in [9.17, 15) is 0 Å². The normalized spacial score (nSPS) is 10.8. The average Bonchev–Trinajstić information content (AvgIpc) is 3.39. The van der Waals surface area contributed by atoms with Gasteiger partial charge in [0.2, 0.25) is 0 Å². The van der Waals surface area contributed by atoms with Gasteiger partial charge in [0, 0.05) is 147 Å². The maximum Gasteiger partial charge on any atom is 0.0463 e. The number of hydrogen-bond acceptors (Lipinski definition) is 8. The van der Waals surface area contributed by atoms with Crippen LogP contribution < -0.4 is 39.2 Å². The van der Waals surface area contributed by atoms with Crippen LogP contribution in [0, 0.1) is 0 Å². The predicted molar refractivity (Wildman–Crippen MR) is 304 cm³/mol. The van der Waals surface area contributed by atoms with Crippen LogP contribution in [-0.4, -0.2) is 78.5 Å². The molecule has 0 aliphatic carbocycles. The van der Waals surface area contributed by atoms with E-state index < -0.39 is 0 Å². The molecule has 0 saturated heterocycles. The topological polar surface area (TPSA) is 25.9 Å². The molecule has 8 heteroatoms. The van der Waals surface area contributed by atoms with Gasteiger partial charge in [-0.25, -0.2) is 0 Å². The smallest absolute Gasteiger partial charge is 0.0463 e. The highest BCUT2D eigenvalue weighted by Gasteiger charge is 2.17. The van der Waals surface area contributed by atoms with Gasteiger partial charge in [-0.1, -0.05) is 0 Å². The first-order chi connectivity index (χ1) is 33.2. The largest absolute Gasteiger partial charge is 0.372 e. The fourth-order valence-corrected chi connectivity index (χ4v) is 9.30. The van der Waals surface area contributed by atoms with Crippen LogP contribution in [0.1, 0.15) is 83.1 Å². The van der Waals surface area contributed by atoms with Gasteiger partial charge in [0.05, 0.1) is 0 Å². The second-order valence-corrected chi connectivity index (χ2v) is 16.8. The van der Waals surface area contributed by atoms with Gasteiger partial charge in [0.1, 0.15) is 0 Å². The summed E-state index contributed by atoms with van der Waals surface area (Å²) in [6.07, 6.45) is 0. The van der Waals surface area contributed by atoms with E-state index in [4.69, 9.17) is 0 Å². The van der Waals surface area contributed by atoms with Crippen LogP contribution >= 0.6 is 0 Å². The molecule has 0 aromatic heterocycles. The van der Waals surface area contributed by atoms with Gasteiger partial charge in [-0.3, -0.25) is 0 Å².